The lowest BCUT2D eigenvalue weighted by atomic mass is 9.90. The molecule has 0 bridgehead atoms. The zero-order valence-corrected chi connectivity index (χ0v) is 19.4. The minimum absolute atomic E-state index is 0.239. The molecule has 0 saturated heterocycles. The van der Waals surface area contributed by atoms with Crippen LogP contribution in [0.1, 0.15) is 29.5 Å². The Hall–Kier alpha value is -3.22. The first kappa shape index (κ1) is 23.0. The molecule has 0 amide bonds. The molecule has 0 spiro atoms. The molecule has 0 aliphatic carbocycles. The molecule has 33 heavy (non-hydrogen) atoms. The number of fused-ring (bicyclic) bond motifs is 1. The average Bonchev–Trinajstić information content (AvgIpc) is 3.23. The molecule has 0 fully saturated rings. The number of para-hydroxylation sites is 1. The van der Waals surface area contributed by atoms with Crippen molar-refractivity contribution in [3.63, 3.8) is 0 Å². The maximum atomic E-state index is 11.5. The monoisotopic (exact) mass is 484 g/mol. The van der Waals surface area contributed by atoms with Gasteiger partial charge in [0.25, 0.3) is 0 Å². The smallest absolute Gasteiger partial charge is 0.214 e. The molecule has 8 heteroatoms. The second-order valence-corrected chi connectivity index (χ2v) is 8.35. The Kier molecular flexibility index (Phi) is 7.06. The zero-order valence-electron chi connectivity index (χ0n) is 17.9. The van der Waals surface area contributed by atoms with Gasteiger partial charge in [0.15, 0.2) is 11.5 Å². The number of nitrogens with one attached hydrogen (secondary N) is 1. The Bertz CT molecular complexity index is 1290. The number of aromatic nitrogens is 1. The SMILES string of the molecule is CCOc1cc([C@H](C[N+](=O)[O-])c2c[nH]c3ccccc23)ccc1OCc1ccc(Cl)c(Cl)c1. The van der Waals surface area contributed by atoms with Crippen molar-refractivity contribution in [2.24, 2.45) is 0 Å². The maximum Gasteiger partial charge on any atom is 0.214 e. The van der Waals surface area contributed by atoms with Crippen LogP contribution < -0.4 is 9.47 Å². The quantitative estimate of drug-likeness (QED) is 0.208. The summed E-state index contributed by atoms with van der Waals surface area (Å²) in [6.45, 7) is 2.34. The van der Waals surface area contributed by atoms with Crippen LogP contribution in [0.25, 0.3) is 10.9 Å². The summed E-state index contributed by atoms with van der Waals surface area (Å²) in [6, 6.07) is 18.5. The predicted octanol–water partition coefficient (Wildman–Crippen LogP) is 6.86. The summed E-state index contributed by atoms with van der Waals surface area (Å²) < 4.78 is 11.8. The predicted molar refractivity (Wildman–Crippen MR) is 130 cm³/mol. The number of benzene rings is 3. The molecule has 0 saturated carbocycles. The van der Waals surface area contributed by atoms with Crippen LogP contribution >= 0.6 is 23.2 Å². The first-order valence-corrected chi connectivity index (χ1v) is 11.2. The number of nitrogens with zero attached hydrogens (tertiary/aromatic N) is 1. The Balaban J connectivity index is 1.66. The van der Waals surface area contributed by atoms with Gasteiger partial charge in [-0.25, -0.2) is 0 Å². The average molecular weight is 485 g/mol. The summed E-state index contributed by atoms with van der Waals surface area (Å²) >= 11 is 12.1. The lowest BCUT2D eigenvalue weighted by Gasteiger charge is -2.17. The number of aromatic amines is 1. The Morgan fingerprint density at radius 3 is 2.58 bits per heavy atom. The van der Waals surface area contributed by atoms with Crippen molar-refractivity contribution in [3.8, 4) is 11.5 Å². The van der Waals surface area contributed by atoms with E-state index in [1.54, 1.807) is 18.2 Å². The molecule has 1 atom stereocenters. The fraction of sp³-hybridized carbons (Fsp3) is 0.200. The van der Waals surface area contributed by atoms with Crippen molar-refractivity contribution < 1.29 is 14.4 Å². The first-order valence-electron chi connectivity index (χ1n) is 10.5. The minimum atomic E-state index is -0.445. The summed E-state index contributed by atoms with van der Waals surface area (Å²) in [4.78, 5) is 14.4. The second-order valence-electron chi connectivity index (χ2n) is 7.53. The highest BCUT2D eigenvalue weighted by molar-refractivity contribution is 6.42. The van der Waals surface area contributed by atoms with E-state index in [1.807, 2.05) is 55.6 Å². The van der Waals surface area contributed by atoms with E-state index in [0.29, 0.717) is 28.2 Å². The third-order valence-corrected chi connectivity index (χ3v) is 6.12. The van der Waals surface area contributed by atoms with E-state index in [1.165, 1.54) is 0 Å². The summed E-state index contributed by atoms with van der Waals surface area (Å²) in [5.41, 5.74) is 3.45. The molecule has 0 radical (unpaired) electrons. The summed E-state index contributed by atoms with van der Waals surface area (Å²) in [5, 5.41) is 13.4. The largest absolute Gasteiger partial charge is 0.490 e. The fourth-order valence-corrected chi connectivity index (χ4v) is 4.15. The van der Waals surface area contributed by atoms with Gasteiger partial charge in [-0.3, -0.25) is 10.1 Å². The highest BCUT2D eigenvalue weighted by Gasteiger charge is 2.24. The number of H-pyrrole nitrogens is 1. The van der Waals surface area contributed by atoms with Gasteiger partial charge in [0.05, 0.1) is 22.6 Å². The molecule has 3 aromatic carbocycles. The molecule has 4 aromatic rings. The van der Waals surface area contributed by atoms with Crippen LogP contribution in [0, 0.1) is 10.1 Å². The van der Waals surface area contributed by atoms with Crippen molar-refractivity contribution in [1.82, 2.24) is 4.98 Å². The lowest BCUT2D eigenvalue weighted by molar-refractivity contribution is -0.481. The summed E-state index contributed by atoms with van der Waals surface area (Å²) in [7, 11) is 0. The van der Waals surface area contributed by atoms with Crippen molar-refractivity contribution in [2.75, 3.05) is 13.2 Å². The van der Waals surface area contributed by atoms with Gasteiger partial charge >= 0.3 is 0 Å². The number of ether oxygens (including phenoxy) is 2. The molecule has 0 aliphatic rings. The van der Waals surface area contributed by atoms with Gasteiger partial charge in [-0.1, -0.05) is 53.5 Å². The number of halogens is 2. The minimum Gasteiger partial charge on any atom is -0.490 e. The highest BCUT2D eigenvalue weighted by Crippen LogP contribution is 2.37. The van der Waals surface area contributed by atoms with Crippen molar-refractivity contribution >= 4 is 34.1 Å². The van der Waals surface area contributed by atoms with Gasteiger partial charge in [0.2, 0.25) is 6.54 Å². The molecule has 1 N–H and O–H groups in total. The van der Waals surface area contributed by atoms with Gasteiger partial charge in [-0.05, 0) is 53.9 Å². The third kappa shape index (κ3) is 5.24. The molecule has 1 aromatic heterocycles. The van der Waals surface area contributed by atoms with Crippen molar-refractivity contribution in [1.29, 1.82) is 0 Å². The topological polar surface area (TPSA) is 77.4 Å². The van der Waals surface area contributed by atoms with E-state index in [4.69, 9.17) is 32.7 Å². The van der Waals surface area contributed by atoms with Crippen LogP contribution in [0.4, 0.5) is 0 Å². The molecule has 1 heterocycles. The zero-order chi connectivity index (χ0) is 23.4. The van der Waals surface area contributed by atoms with E-state index in [-0.39, 0.29) is 18.1 Å². The van der Waals surface area contributed by atoms with Gasteiger partial charge in [-0.2, -0.15) is 0 Å². The van der Waals surface area contributed by atoms with Gasteiger partial charge in [-0.15, -0.1) is 0 Å². The van der Waals surface area contributed by atoms with E-state index >= 15 is 0 Å². The Morgan fingerprint density at radius 1 is 1.00 bits per heavy atom. The van der Waals surface area contributed by atoms with Crippen LogP contribution in [0.3, 0.4) is 0 Å². The molecule has 4 rings (SSSR count). The number of rotatable bonds is 9. The number of nitro groups is 1. The number of hydrogen-bond donors (Lipinski definition) is 1. The maximum absolute atomic E-state index is 11.5. The lowest BCUT2D eigenvalue weighted by Crippen LogP contribution is -2.14. The normalized spacial score (nSPS) is 12.0. The first-order chi connectivity index (χ1) is 16.0. The standard InChI is InChI=1S/C25H22Cl2N2O4/c1-2-32-25-12-17(8-10-24(25)33-15-16-7-9-21(26)22(27)11-16)20(14-29(30)31)19-13-28-23-6-4-3-5-18(19)23/h3-13,20,28H,2,14-15H2,1H3/t20-/m0/s1. The van der Waals surface area contributed by atoms with E-state index in [2.05, 4.69) is 4.98 Å². The molecule has 0 aliphatic heterocycles. The summed E-state index contributed by atoms with van der Waals surface area (Å²) in [5.74, 6) is 0.633. The van der Waals surface area contributed by atoms with Crippen LogP contribution in [-0.2, 0) is 6.61 Å². The fourth-order valence-electron chi connectivity index (χ4n) is 3.83. The van der Waals surface area contributed by atoms with Crippen LogP contribution in [0.2, 0.25) is 10.0 Å². The van der Waals surface area contributed by atoms with E-state index in [0.717, 1.165) is 27.6 Å². The molecular formula is C25H22Cl2N2O4. The van der Waals surface area contributed by atoms with E-state index in [9.17, 15) is 10.1 Å². The van der Waals surface area contributed by atoms with Gasteiger partial charge in [0, 0.05) is 22.0 Å². The van der Waals surface area contributed by atoms with Gasteiger partial charge < -0.3 is 14.5 Å². The van der Waals surface area contributed by atoms with Crippen molar-refractivity contribution in [2.45, 2.75) is 19.4 Å². The molecular weight excluding hydrogens is 463 g/mol. The molecule has 170 valence electrons. The van der Waals surface area contributed by atoms with Crippen molar-refractivity contribution in [3.05, 3.63) is 104 Å². The Labute approximate surface area is 201 Å². The number of hydrogen-bond acceptors (Lipinski definition) is 4. The second kappa shape index (κ2) is 10.1. The van der Waals surface area contributed by atoms with Gasteiger partial charge in [0.1, 0.15) is 6.61 Å². The highest BCUT2D eigenvalue weighted by atomic mass is 35.5. The molecule has 6 nitrogen and oxygen atoms in total. The van der Waals surface area contributed by atoms with Crippen LogP contribution in [0.15, 0.2) is 66.9 Å². The summed E-state index contributed by atoms with van der Waals surface area (Å²) in [6.07, 6.45) is 1.84. The Morgan fingerprint density at radius 2 is 1.82 bits per heavy atom. The third-order valence-electron chi connectivity index (χ3n) is 5.38. The molecule has 0 unspecified atom stereocenters. The van der Waals surface area contributed by atoms with Crippen LogP contribution in [0.5, 0.6) is 11.5 Å². The van der Waals surface area contributed by atoms with E-state index < -0.39 is 5.92 Å². The van der Waals surface area contributed by atoms with Crippen LogP contribution in [-0.4, -0.2) is 23.1 Å².